The molecule has 4 nitrogen and oxygen atoms in total. The van der Waals surface area contributed by atoms with Gasteiger partial charge in [-0.2, -0.15) is 11.8 Å². The molecule has 1 fully saturated rings. The van der Waals surface area contributed by atoms with E-state index in [-0.39, 0.29) is 12.2 Å². The van der Waals surface area contributed by atoms with Crippen LogP contribution in [0.25, 0.3) is 11.3 Å². The van der Waals surface area contributed by atoms with E-state index in [2.05, 4.69) is 29.6 Å². The molecular formula is C22H28N2O2S. The summed E-state index contributed by atoms with van der Waals surface area (Å²) in [7, 11) is 0. The number of nitrogens with one attached hydrogen (secondary N) is 1. The summed E-state index contributed by atoms with van der Waals surface area (Å²) >= 11 is 1.86. The van der Waals surface area contributed by atoms with Gasteiger partial charge in [0.15, 0.2) is 0 Å². The van der Waals surface area contributed by atoms with Gasteiger partial charge in [-0.3, -0.25) is 4.98 Å². The molecule has 5 heteroatoms. The third kappa shape index (κ3) is 4.15. The third-order valence-electron chi connectivity index (χ3n) is 5.66. The van der Waals surface area contributed by atoms with Crippen LogP contribution in [-0.4, -0.2) is 41.1 Å². The lowest BCUT2D eigenvalue weighted by atomic mass is 9.82. The molecular weight excluding hydrogens is 356 g/mol. The molecule has 3 heterocycles. The maximum absolute atomic E-state index is 8.99. The number of piperidine rings is 1. The Hall–Kier alpha value is -1.56. The summed E-state index contributed by atoms with van der Waals surface area (Å²) in [5.41, 5.74) is 4.88. The summed E-state index contributed by atoms with van der Waals surface area (Å²) in [6.07, 6.45) is 7.05. The number of nitrogens with zero attached hydrogens (tertiary/aromatic N) is 1. The fourth-order valence-corrected chi connectivity index (χ4v) is 5.09. The van der Waals surface area contributed by atoms with Gasteiger partial charge in [0.25, 0.3) is 0 Å². The summed E-state index contributed by atoms with van der Waals surface area (Å²) in [6.45, 7) is 2.35. The molecule has 0 aliphatic carbocycles. The quantitative estimate of drug-likeness (QED) is 0.742. The Morgan fingerprint density at radius 1 is 1.15 bits per heavy atom. The normalized spacial score (nSPS) is 18.1. The number of hydrogen-bond donors (Lipinski definition) is 2. The van der Waals surface area contributed by atoms with Crippen LogP contribution in [-0.2, 0) is 12.2 Å². The van der Waals surface area contributed by atoms with E-state index < -0.39 is 0 Å². The smallest absolute Gasteiger partial charge is 0.124 e. The number of aromatic nitrogens is 1. The fraction of sp³-hybridized carbons (Fsp3) is 0.500. The van der Waals surface area contributed by atoms with Crippen LogP contribution in [0.3, 0.4) is 0 Å². The second kappa shape index (κ2) is 8.63. The average Bonchev–Trinajstić information content (AvgIpc) is 2.71. The predicted molar refractivity (Wildman–Crippen MR) is 111 cm³/mol. The number of fused-ring (bicyclic) bond motifs is 1. The number of pyridine rings is 1. The molecule has 0 amide bonds. The molecule has 0 unspecified atom stereocenters. The van der Waals surface area contributed by atoms with Gasteiger partial charge in [0, 0.05) is 29.7 Å². The number of aliphatic hydroxyl groups excluding tert-OH is 1. The van der Waals surface area contributed by atoms with E-state index in [1.807, 2.05) is 24.0 Å². The van der Waals surface area contributed by atoms with Crippen LogP contribution in [0.15, 0.2) is 36.5 Å². The molecule has 2 aliphatic heterocycles. The first kappa shape index (κ1) is 18.8. The molecule has 2 aliphatic rings. The van der Waals surface area contributed by atoms with E-state index in [9.17, 15) is 0 Å². The van der Waals surface area contributed by atoms with Crippen molar-refractivity contribution in [3.8, 4) is 17.0 Å². The highest BCUT2D eigenvalue weighted by Crippen LogP contribution is 2.42. The second-order valence-electron chi connectivity index (χ2n) is 7.46. The molecule has 1 aromatic heterocycles. The number of hydrogen-bond acceptors (Lipinski definition) is 5. The molecule has 1 spiro atoms. The first-order chi connectivity index (χ1) is 13.3. The molecule has 0 saturated carbocycles. The lowest BCUT2D eigenvalue weighted by Crippen LogP contribution is -2.48. The first-order valence-electron chi connectivity index (χ1n) is 9.96. The van der Waals surface area contributed by atoms with Crippen molar-refractivity contribution >= 4 is 11.8 Å². The van der Waals surface area contributed by atoms with Crippen molar-refractivity contribution < 1.29 is 9.84 Å². The third-order valence-corrected chi connectivity index (χ3v) is 6.75. The zero-order valence-corrected chi connectivity index (χ0v) is 16.6. The maximum Gasteiger partial charge on any atom is 0.124 e. The molecule has 2 aromatic rings. The van der Waals surface area contributed by atoms with Crippen LogP contribution in [0.4, 0.5) is 0 Å². The molecule has 144 valence electrons. The van der Waals surface area contributed by atoms with E-state index >= 15 is 0 Å². The van der Waals surface area contributed by atoms with Gasteiger partial charge in [-0.05, 0) is 68.6 Å². The van der Waals surface area contributed by atoms with Crippen LogP contribution in [0.2, 0.25) is 0 Å². The summed E-state index contributed by atoms with van der Waals surface area (Å²) < 4.78 is 6.57. The minimum atomic E-state index is 0.0178. The van der Waals surface area contributed by atoms with Gasteiger partial charge in [0.05, 0.1) is 5.69 Å². The Morgan fingerprint density at radius 2 is 2.04 bits per heavy atom. The van der Waals surface area contributed by atoms with Crippen molar-refractivity contribution in [2.24, 2.45) is 0 Å². The van der Waals surface area contributed by atoms with E-state index in [0.717, 1.165) is 68.1 Å². The highest BCUT2D eigenvalue weighted by atomic mass is 32.2. The van der Waals surface area contributed by atoms with Gasteiger partial charge in [-0.15, -0.1) is 0 Å². The van der Waals surface area contributed by atoms with Crippen molar-refractivity contribution in [3.63, 3.8) is 0 Å². The molecule has 2 N–H and O–H groups in total. The minimum Gasteiger partial charge on any atom is -0.487 e. The molecule has 27 heavy (non-hydrogen) atoms. The van der Waals surface area contributed by atoms with Crippen LogP contribution in [0.5, 0.6) is 5.75 Å². The molecule has 1 saturated heterocycles. The number of thioether (sulfide) groups is 1. The predicted octanol–water partition coefficient (Wildman–Crippen LogP) is 3.81. The molecule has 0 radical (unpaired) electrons. The van der Waals surface area contributed by atoms with Gasteiger partial charge in [-0.1, -0.05) is 18.2 Å². The maximum atomic E-state index is 8.99. The fourth-order valence-electron chi connectivity index (χ4n) is 4.16. The van der Waals surface area contributed by atoms with Gasteiger partial charge in [-0.25, -0.2) is 0 Å². The first-order valence-corrected chi connectivity index (χ1v) is 11.1. The van der Waals surface area contributed by atoms with E-state index in [1.54, 1.807) is 0 Å². The van der Waals surface area contributed by atoms with Gasteiger partial charge >= 0.3 is 0 Å². The topological polar surface area (TPSA) is 54.4 Å². The zero-order valence-electron chi connectivity index (χ0n) is 15.7. The molecule has 1 aromatic carbocycles. The van der Waals surface area contributed by atoms with Crippen LogP contribution < -0.4 is 10.1 Å². The molecule has 0 bridgehead atoms. The monoisotopic (exact) mass is 384 g/mol. The van der Waals surface area contributed by atoms with Crippen LogP contribution in [0.1, 0.15) is 36.8 Å². The lowest BCUT2D eigenvalue weighted by molar-refractivity contribution is 0.0171. The summed E-state index contributed by atoms with van der Waals surface area (Å²) in [4.78, 5) is 4.73. The number of rotatable bonds is 6. The van der Waals surface area contributed by atoms with E-state index in [4.69, 9.17) is 14.8 Å². The lowest BCUT2D eigenvalue weighted by Gasteiger charge is -2.42. The van der Waals surface area contributed by atoms with Crippen molar-refractivity contribution in [1.82, 2.24) is 10.3 Å². The van der Waals surface area contributed by atoms with Crippen molar-refractivity contribution in [2.45, 2.75) is 43.5 Å². The summed E-state index contributed by atoms with van der Waals surface area (Å²) in [6, 6.07) is 10.6. The Labute approximate surface area is 165 Å². The molecule has 4 rings (SSSR count). The summed E-state index contributed by atoms with van der Waals surface area (Å²) in [5, 5.41) is 12.4. The average molecular weight is 385 g/mol. The van der Waals surface area contributed by atoms with Gasteiger partial charge < -0.3 is 15.2 Å². The minimum absolute atomic E-state index is 0.0178. The standard InChI is InChI=1S/C22H28N2O2S/c25-14-3-15-27-16-17-4-2-11-24-21(17)19-5-1-6-20-18(19)7-8-22(26-20)9-12-23-13-10-22/h1-2,4-6,11,23,25H,3,7-10,12-16H2. The molecule has 0 atom stereocenters. The van der Waals surface area contributed by atoms with Gasteiger partial charge in [0.2, 0.25) is 0 Å². The number of ether oxygens (including phenoxy) is 1. The Kier molecular flexibility index (Phi) is 6.01. The summed E-state index contributed by atoms with van der Waals surface area (Å²) in [5.74, 6) is 2.94. The Bertz CT molecular complexity index is 775. The van der Waals surface area contributed by atoms with E-state index in [0.29, 0.717) is 0 Å². The van der Waals surface area contributed by atoms with Crippen LogP contribution in [0, 0.1) is 0 Å². The van der Waals surface area contributed by atoms with Gasteiger partial charge in [0.1, 0.15) is 11.4 Å². The van der Waals surface area contributed by atoms with Crippen LogP contribution >= 0.6 is 11.8 Å². The number of benzene rings is 1. The number of aliphatic hydroxyl groups is 1. The van der Waals surface area contributed by atoms with E-state index in [1.165, 1.54) is 16.7 Å². The van der Waals surface area contributed by atoms with Crippen molar-refractivity contribution in [3.05, 3.63) is 47.7 Å². The Morgan fingerprint density at radius 3 is 2.89 bits per heavy atom. The highest BCUT2D eigenvalue weighted by molar-refractivity contribution is 7.98. The zero-order chi connectivity index (χ0) is 18.5. The second-order valence-corrected chi connectivity index (χ2v) is 8.56. The highest BCUT2D eigenvalue weighted by Gasteiger charge is 2.38. The largest absolute Gasteiger partial charge is 0.487 e. The van der Waals surface area contributed by atoms with Crippen molar-refractivity contribution in [2.75, 3.05) is 25.4 Å². The Balaban J connectivity index is 1.60. The SMILES string of the molecule is OCCCSCc1cccnc1-c1cccc2c1CCC1(CCNCC1)O2. The van der Waals surface area contributed by atoms with Crippen molar-refractivity contribution in [1.29, 1.82) is 0 Å².